The summed E-state index contributed by atoms with van der Waals surface area (Å²) in [6.07, 6.45) is 2.25. The molecule has 0 spiro atoms. The predicted octanol–water partition coefficient (Wildman–Crippen LogP) is 3.93. The molecule has 1 aromatic heterocycles. The van der Waals surface area contributed by atoms with Crippen LogP contribution in [0.5, 0.6) is 5.75 Å². The van der Waals surface area contributed by atoms with Gasteiger partial charge >= 0.3 is 0 Å². The molecule has 6 nitrogen and oxygen atoms in total. The zero-order valence-electron chi connectivity index (χ0n) is 15.4. The summed E-state index contributed by atoms with van der Waals surface area (Å²) in [5.41, 5.74) is 2.94. The van der Waals surface area contributed by atoms with Gasteiger partial charge in [0.2, 0.25) is 0 Å². The van der Waals surface area contributed by atoms with Crippen LogP contribution in [-0.2, 0) is 11.3 Å². The van der Waals surface area contributed by atoms with Gasteiger partial charge < -0.3 is 14.8 Å². The Hall–Kier alpha value is -2.83. The number of fused-ring (bicyclic) bond motifs is 1. The second kappa shape index (κ2) is 8.04. The van der Waals surface area contributed by atoms with Gasteiger partial charge in [0.25, 0.3) is 5.91 Å². The zero-order chi connectivity index (χ0) is 19.5. The highest BCUT2D eigenvalue weighted by molar-refractivity contribution is 6.32. The van der Waals surface area contributed by atoms with Crippen molar-refractivity contribution in [2.75, 3.05) is 13.7 Å². The van der Waals surface area contributed by atoms with Crippen molar-refractivity contribution >= 4 is 17.5 Å². The maximum Gasteiger partial charge on any atom is 0.255 e. The third kappa shape index (κ3) is 3.48. The number of amides is 1. The SMILES string of the molecule is COCc1c(C(=O)NC2CCOc3c(Cl)cccc32)cnn1-c1ccccc1. The fraction of sp³-hybridized carbons (Fsp3) is 0.238. The molecule has 0 saturated heterocycles. The van der Waals surface area contributed by atoms with Gasteiger partial charge in [-0.1, -0.05) is 41.9 Å². The largest absolute Gasteiger partial charge is 0.492 e. The molecule has 4 rings (SSSR count). The van der Waals surface area contributed by atoms with E-state index in [0.717, 1.165) is 11.3 Å². The van der Waals surface area contributed by atoms with Crippen molar-refractivity contribution in [3.63, 3.8) is 0 Å². The molecule has 0 radical (unpaired) electrons. The summed E-state index contributed by atoms with van der Waals surface area (Å²) >= 11 is 6.23. The highest BCUT2D eigenvalue weighted by Gasteiger charge is 2.27. The van der Waals surface area contributed by atoms with E-state index in [1.807, 2.05) is 42.5 Å². The third-order valence-electron chi connectivity index (χ3n) is 4.73. The van der Waals surface area contributed by atoms with Crippen molar-refractivity contribution in [2.24, 2.45) is 0 Å². The number of carbonyl (C=O) groups is 1. The second-order valence-corrected chi connectivity index (χ2v) is 6.91. The van der Waals surface area contributed by atoms with Crippen molar-refractivity contribution in [1.29, 1.82) is 0 Å². The smallest absolute Gasteiger partial charge is 0.255 e. The van der Waals surface area contributed by atoms with Crippen LogP contribution in [0.3, 0.4) is 0 Å². The van der Waals surface area contributed by atoms with Crippen molar-refractivity contribution < 1.29 is 14.3 Å². The summed E-state index contributed by atoms with van der Waals surface area (Å²) in [4.78, 5) is 13.1. The molecule has 1 aliphatic rings. The van der Waals surface area contributed by atoms with E-state index in [4.69, 9.17) is 21.1 Å². The summed E-state index contributed by atoms with van der Waals surface area (Å²) in [5.74, 6) is 0.435. The first-order valence-corrected chi connectivity index (χ1v) is 9.40. The van der Waals surface area contributed by atoms with Gasteiger partial charge in [-0.3, -0.25) is 4.79 Å². The lowest BCUT2D eigenvalue weighted by Crippen LogP contribution is -2.32. The quantitative estimate of drug-likeness (QED) is 0.708. The van der Waals surface area contributed by atoms with Gasteiger partial charge in [0, 0.05) is 19.1 Å². The highest BCUT2D eigenvalue weighted by atomic mass is 35.5. The van der Waals surface area contributed by atoms with Crippen LogP contribution in [0.25, 0.3) is 5.69 Å². The molecule has 1 N–H and O–H groups in total. The first-order valence-electron chi connectivity index (χ1n) is 9.02. The number of hydrogen-bond donors (Lipinski definition) is 1. The molecule has 0 fully saturated rings. The number of benzene rings is 2. The highest BCUT2D eigenvalue weighted by Crippen LogP contribution is 2.37. The molecule has 2 heterocycles. The molecule has 28 heavy (non-hydrogen) atoms. The van der Waals surface area contributed by atoms with Gasteiger partial charge in [-0.05, 0) is 18.2 Å². The average molecular weight is 398 g/mol. The fourth-order valence-electron chi connectivity index (χ4n) is 3.40. The number of methoxy groups -OCH3 is 1. The van der Waals surface area contributed by atoms with E-state index in [0.29, 0.717) is 35.1 Å². The molecule has 7 heteroatoms. The Bertz CT molecular complexity index is 988. The van der Waals surface area contributed by atoms with E-state index >= 15 is 0 Å². The molecule has 3 aromatic rings. The second-order valence-electron chi connectivity index (χ2n) is 6.51. The van der Waals surface area contributed by atoms with Crippen LogP contribution < -0.4 is 10.1 Å². The van der Waals surface area contributed by atoms with Crippen LogP contribution in [0.1, 0.15) is 34.1 Å². The average Bonchev–Trinajstić information content (AvgIpc) is 3.14. The number of aromatic nitrogens is 2. The van der Waals surface area contributed by atoms with Gasteiger partial charge in [0.05, 0.1) is 47.4 Å². The van der Waals surface area contributed by atoms with Crippen molar-refractivity contribution in [2.45, 2.75) is 19.1 Å². The molecule has 0 bridgehead atoms. The van der Waals surface area contributed by atoms with Crippen LogP contribution in [-0.4, -0.2) is 29.4 Å². The molecule has 0 saturated carbocycles. The number of hydrogen-bond acceptors (Lipinski definition) is 4. The Kier molecular flexibility index (Phi) is 5.32. The number of nitrogens with zero attached hydrogens (tertiary/aromatic N) is 2. The van der Waals surface area contributed by atoms with Crippen LogP contribution in [0.4, 0.5) is 0 Å². The number of carbonyl (C=O) groups excluding carboxylic acids is 1. The number of halogens is 1. The lowest BCUT2D eigenvalue weighted by Gasteiger charge is -2.27. The van der Waals surface area contributed by atoms with Gasteiger partial charge in [-0.2, -0.15) is 5.10 Å². The molecule has 0 aliphatic carbocycles. The summed E-state index contributed by atoms with van der Waals surface area (Å²) in [7, 11) is 1.60. The fourth-order valence-corrected chi connectivity index (χ4v) is 3.64. The van der Waals surface area contributed by atoms with E-state index in [1.165, 1.54) is 0 Å². The minimum absolute atomic E-state index is 0.176. The maximum atomic E-state index is 13.1. The topological polar surface area (TPSA) is 65.4 Å². The first kappa shape index (κ1) is 18.5. The van der Waals surface area contributed by atoms with E-state index in [-0.39, 0.29) is 18.6 Å². The third-order valence-corrected chi connectivity index (χ3v) is 5.02. The summed E-state index contributed by atoms with van der Waals surface area (Å²) < 4.78 is 12.7. The van der Waals surface area contributed by atoms with Crippen molar-refractivity contribution in [3.05, 3.63) is 76.6 Å². The summed E-state index contributed by atoms with van der Waals surface area (Å²) in [6, 6.07) is 15.1. The van der Waals surface area contributed by atoms with E-state index in [2.05, 4.69) is 10.4 Å². The van der Waals surface area contributed by atoms with Crippen LogP contribution in [0, 0.1) is 0 Å². The molecular weight excluding hydrogens is 378 g/mol. The molecule has 1 aliphatic heterocycles. The van der Waals surface area contributed by atoms with E-state index in [1.54, 1.807) is 24.1 Å². The normalized spacial score (nSPS) is 15.6. The van der Waals surface area contributed by atoms with E-state index < -0.39 is 0 Å². The molecular formula is C21H20ClN3O3. The predicted molar refractivity (Wildman–Crippen MR) is 106 cm³/mol. The van der Waals surface area contributed by atoms with Crippen molar-refractivity contribution in [1.82, 2.24) is 15.1 Å². The lowest BCUT2D eigenvalue weighted by atomic mass is 10.00. The Morgan fingerprint density at radius 2 is 2.11 bits per heavy atom. The Balaban J connectivity index is 1.63. The number of rotatable bonds is 5. The van der Waals surface area contributed by atoms with Crippen LogP contribution in [0.15, 0.2) is 54.7 Å². The Labute approximate surface area is 168 Å². The molecule has 1 amide bonds. The van der Waals surface area contributed by atoms with Gasteiger partial charge in [-0.15, -0.1) is 0 Å². The Morgan fingerprint density at radius 3 is 2.89 bits per heavy atom. The van der Waals surface area contributed by atoms with Crippen LogP contribution >= 0.6 is 11.6 Å². The Morgan fingerprint density at radius 1 is 1.29 bits per heavy atom. The number of nitrogens with one attached hydrogen (secondary N) is 1. The first-order chi connectivity index (χ1) is 13.7. The number of para-hydroxylation sites is 2. The molecule has 1 unspecified atom stereocenters. The van der Waals surface area contributed by atoms with E-state index in [9.17, 15) is 4.79 Å². The standard InChI is InChI=1S/C21H20ClN3O3/c1-27-13-19-16(12-23-25(19)14-6-3-2-4-7-14)21(26)24-18-10-11-28-20-15(18)8-5-9-17(20)22/h2-9,12,18H,10-11,13H2,1H3,(H,24,26). The van der Waals surface area contributed by atoms with Crippen molar-refractivity contribution in [3.8, 4) is 11.4 Å². The number of ether oxygens (including phenoxy) is 2. The lowest BCUT2D eigenvalue weighted by molar-refractivity contribution is 0.0919. The minimum Gasteiger partial charge on any atom is -0.492 e. The monoisotopic (exact) mass is 397 g/mol. The molecule has 2 aromatic carbocycles. The summed E-state index contributed by atoms with van der Waals surface area (Å²) in [6.45, 7) is 0.768. The zero-order valence-corrected chi connectivity index (χ0v) is 16.1. The van der Waals surface area contributed by atoms with Gasteiger partial charge in [0.15, 0.2) is 0 Å². The molecule has 144 valence electrons. The molecule has 1 atom stereocenters. The van der Waals surface area contributed by atoms with Gasteiger partial charge in [-0.25, -0.2) is 4.68 Å². The van der Waals surface area contributed by atoms with Gasteiger partial charge in [0.1, 0.15) is 5.75 Å². The van der Waals surface area contributed by atoms with Crippen LogP contribution in [0.2, 0.25) is 5.02 Å². The maximum absolute atomic E-state index is 13.1. The summed E-state index contributed by atoms with van der Waals surface area (Å²) in [5, 5.41) is 8.05. The minimum atomic E-state index is -0.202.